The summed E-state index contributed by atoms with van der Waals surface area (Å²) in [5.41, 5.74) is 1.56. The second-order valence-corrected chi connectivity index (χ2v) is 8.25. The maximum absolute atomic E-state index is 10.6. The molecule has 1 aliphatic rings. The van der Waals surface area contributed by atoms with Crippen molar-refractivity contribution < 1.29 is 15.1 Å². The van der Waals surface area contributed by atoms with Gasteiger partial charge in [-0.25, -0.2) is 0 Å². The van der Waals surface area contributed by atoms with Crippen LogP contribution < -0.4 is 5.32 Å². The summed E-state index contributed by atoms with van der Waals surface area (Å²) in [6.45, 7) is 0.333. The fourth-order valence-electron chi connectivity index (χ4n) is 4.50. The summed E-state index contributed by atoms with van der Waals surface area (Å²) in [6.07, 6.45) is 3.27. The summed E-state index contributed by atoms with van der Waals surface area (Å²) in [6, 6.07) is 18.8. The molecule has 0 aromatic heterocycles. The van der Waals surface area contributed by atoms with E-state index in [1.807, 2.05) is 24.3 Å². The number of likely N-dealkylation sites (N-methyl/N-ethyl adjacent to an activating group) is 1. The molecule has 0 radical (unpaired) electrons. The molecule has 0 heterocycles. The molecule has 1 atom stereocenters. The molecular weight excluding hydrogens is 408 g/mol. The van der Waals surface area contributed by atoms with Crippen molar-refractivity contribution in [2.24, 2.45) is 5.16 Å². The molecule has 0 spiro atoms. The highest BCUT2D eigenvalue weighted by atomic mass is 32.1. The van der Waals surface area contributed by atoms with Crippen LogP contribution in [0.5, 0.6) is 11.5 Å². The van der Waals surface area contributed by atoms with Crippen LogP contribution in [0.2, 0.25) is 0 Å². The number of thiocarbonyl (C=S) groups is 1. The Kier molecular flexibility index (Phi) is 6.09. The van der Waals surface area contributed by atoms with Crippen molar-refractivity contribution in [3.63, 3.8) is 0 Å². The van der Waals surface area contributed by atoms with Crippen LogP contribution in [0.4, 0.5) is 0 Å². The lowest BCUT2D eigenvalue weighted by Gasteiger charge is -2.39. The molecule has 4 rings (SSSR count). The number of hydrogen-bond donors (Lipinski definition) is 3. The second-order valence-electron chi connectivity index (χ2n) is 7.84. The van der Waals surface area contributed by atoms with E-state index in [1.54, 1.807) is 13.1 Å². The molecule has 1 unspecified atom stereocenters. The molecule has 160 valence electrons. The predicted octanol–water partition coefficient (Wildman–Crippen LogP) is 5.18. The smallest absolute Gasteiger partial charge is 0.142 e. The first-order valence-electron chi connectivity index (χ1n) is 10.5. The molecule has 31 heavy (non-hydrogen) atoms. The Morgan fingerprint density at radius 1 is 1.10 bits per heavy atom. The van der Waals surface area contributed by atoms with Crippen LogP contribution in [0.15, 0.2) is 65.8 Å². The third-order valence-corrected chi connectivity index (χ3v) is 6.59. The van der Waals surface area contributed by atoms with Gasteiger partial charge in [0.15, 0.2) is 0 Å². The first kappa shape index (κ1) is 21.1. The first-order chi connectivity index (χ1) is 15.1. The summed E-state index contributed by atoms with van der Waals surface area (Å²) >= 11 is 5.72. The molecule has 0 saturated heterocycles. The van der Waals surface area contributed by atoms with Crippen LogP contribution in [0.25, 0.3) is 10.8 Å². The molecule has 1 saturated carbocycles. The van der Waals surface area contributed by atoms with Crippen molar-refractivity contribution in [3.8, 4) is 11.5 Å². The summed E-state index contributed by atoms with van der Waals surface area (Å²) < 4.78 is 0. The highest BCUT2D eigenvalue weighted by Crippen LogP contribution is 2.43. The molecule has 3 N–H and O–H groups in total. The summed E-state index contributed by atoms with van der Waals surface area (Å²) in [5.74, 6) is 0.159. The Hall–Kier alpha value is -3.12. The van der Waals surface area contributed by atoms with Gasteiger partial charge in [-0.2, -0.15) is 0 Å². The number of rotatable bonds is 5. The van der Waals surface area contributed by atoms with Crippen LogP contribution in [0.1, 0.15) is 36.8 Å². The van der Waals surface area contributed by atoms with Gasteiger partial charge in [0.1, 0.15) is 18.1 Å². The SMILES string of the molecule is CNC(=S)C1(c2cc(O)ccc2O)CCCCC1=NOCc1cccc2ccccc12. The minimum atomic E-state index is -0.816. The maximum atomic E-state index is 10.6. The minimum Gasteiger partial charge on any atom is -0.508 e. The van der Waals surface area contributed by atoms with Crippen molar-refractivity contribution in [2.45, 2.75) is 37.7 Å². The minimum absolute atomic E-state index is 0.0766. The van der Waals surface area contributed by atoms with E-state index in [9.17, 15) is 10.2 Å². The monoisotopic (exact) mass is 434 g/mol. The zero-order chi connectivity index (χ0) is 21.8. The third kappa shape index (κ3) is 3.95. The molecular formula is C25H26N2O3S. The van der Waals surface area contributed by atoms with Gasteiger partial charge in [0.05, 0.1) is 16.1 Å². The summed E-state index contributed by atoms with van der Waals surface area (Å²) in [5, 5.41) is 30.7. The van der Waals surface area contributed by atoms with Crippen LogP contribution >= 0.6 is 12.2 Å². The highest BCUT2D eigenvalue weighted by molar-refractivity contribution is 7.80. The van der Waals surface area contributed by atoms with E-state index in [2.05, 4.69) is 28.7 Å². The van der Waals surface area contributed by atoms with E-state index in [0.717, 1.165) is 34.9 Å². The van der Waals surface area contributed by atoms with Crippen molar-refractivity contribution in [2.75, 3.05) is 7.05 Å². The highest BCUT2D eigenvalue weighted by Gasteiger charge is 2.45. The average Bonchev–Trinajstić information content (AvgIpc) is 2.80. The van der Waals surface area contributed by atoms with Gasteiger partial charge < -0.3 is 20.4 Å². The normalized spacial score (nSPS) is 20.0. The average molecular weight is 435 g/mol. The quantitative estimate of drug-likeness (QED) is 0.293. The number of phenols is 2. The number of fused-ring (bicyclic) bond motifs is 1. The number of aromatic hydroxyl groups is 2. The lowest BCUT2D eigenvalue weighted by Crippen LogP contribution is -2.50. The van der Waals surface area contributed by atoms with Crippen molar-refractivity contribution >= 4 is 33.7 Å². The topological polar surface area (TPSA) is 74.1 Å². The Bertz CT molecular complexity index is 1140. The molecule has 5 nitrogen and oxygen atoms in total. The van der Waals surface area contributed by atoms with Crippen LogP contribution in [-0.4, -0.2) is 28.0 Å². The van der Waals surface area contributed by atoms with Gasteiger partial charge in [0, 0.05) is 12.6 Å². The Labute approximate surface area is 187 Å². The standard InChI is InChI=1S/C25H26N2O3S/c1-26-24(31)25(21-15-19(28)12-13-22(21)29)14-5-4-11-23(25)27-30-16-18-9-6-8-17-7-2-3-10-20(17)18/h2-3,6-10,12-13,15,28-29H,4-5,11,14,16H2,1H3,(H,26,31). The first-order valence-corrected chi connectivity index (χ1v) is 10.9. The molecule has 3 aromatic carbocycles. The number of oxime groups is 1. The number of nitrogens with zero attached hydrogens (tertiary/aromatic N) is 1. The van der Waals surface area contributed by atoms with Crippen molar-refractivity contribution in [3.05, 3.63) is 71.8 Å². The van der Waals surface area contributed by atoms with E-state index >= 15 is 0 Å². The summed E-state index contributed by atoms with van der Waals surface area (Å²) in [4.78, 5) is 6.42. The van der Waals surface area contributed by atoms with Gasteiger partial charge in [-0.3, -0.25) is 0 Å². The number of benzene rings is 3. The van der Waals surface area contributed by atoms with E-state index in [1.165, 1.54) is 12.1 Å². The molecule has 3 aromatic rings. The Morgan fingerprint density at radius 2 is 1.90 bits per heavy atom. The van der Waals surface area contributed by atoms with Gasteiger partial charge >= 0.3 is 0 Å². The number of nitrogens with one attached hydrogen (secondary N) is 1. The van der Waals surface area contributed by atoms with Gasteiger partial charge in [-0.15, -0.1) is 0 Å². The molecule has 1 fully saturated rings. The fourth-order valence-corrected chi connectivity index (χ4v) is 4.83. The largest absolute Gasteiger partial charge is 0.508 e. The van der Waals surface area contributed by atoms with Crippen molar-refractivity contribution in [1.82, 2.24) is 5.32 Å². The Morgan fingerprint density at radius 3 is 2.74 bits per heavy atom. The van der Waals surface area contributed by atoms with Crippen LogP contribution in [-0.2, 0) is 16.9 Å². The van der Waals surface area contributed by atoms with E-state index in [0.29, 0.717) is 30.0 Å². The maximum Gasteiger partial charge on any atom is 0.142 e. The number of hydrogen-bond acceptors (Lipinski definition) is 5. The third-order valence-electron chi connectivity index (χ3n) is 6.04. The lowest BCUT2D eigenvalue weighted by molar-refractivity contribution is 0.128. The molecule has 6 heteroatoms. The van der Waals surface area contributed by atoms with Gasteiger partial charge in [0.2, 0.25) is 0 Å². The number of phenolic OH excluding ortho intramolecular Hbond substituents is 2. The zero-order valence-electron chi connectivity index (χ0n) is 17.5. The molecule has 1 aliphatic carbocycles. The van der Waals surface area contributed by atoms with Gasteiger partial charge in [0.25, 0.3) is 0 Å². The van der Waals surface area contributed by atoms with Gasteiger partial charge in [-0.05, 0) is 53.8 Å². The van der Waals surface area contributed by atoms with Crippen LogP contribution in [0.3, 0.4) is 0 Å². The Balaban J connectivity index is 1.71. The van der Waals surface area contributed by atoms with Gasteiger partial charge in [-0.1, -0.05) is 66.3 Å². The zero-order valence-corrected chi connectivity index (χ0v) is 18.3. The fraction of sp³-hybridized carbons (Fsp3) is 0.280. The van der Waals surface area contributed by atoms with E-state index < -0.39 is 5.41 Å². The van der Waals surface area contributed by atoms with E-state index in [-0.39, 0.29) is 11.5 Å². The van der Waals surface area contributed by atoms with Crippen molar-refractivity contribution in [1.29, 1.82) is 0 Å². The molecule has 0 aliphatic heterocycles. The van der Waals surface area contributed by atoms with Crippen LogP contribution in [0, 0.1) is 0 Å². The second kappa shape index (κ2) is 8.94. The summed E-state index contributed by atoms with van der Waals surface area (Å²) in [7, 11) is 1.77. The molecule has 0 bridgehead atoms. The predicted molar refractivity (Wildman–Crippen MR) is 128 cm³/mol. The van der Waals surface area contributed by atoms with E-state index in [4.69, 9.17) is 17.1 Å². The lowest BCUT2D eigenvalue weighted by atomic mass is 9.67. The molecule has 0 amide bonds.